The van der Waals surface area contributed by atoms with Crippen molar-refractivity contribution in [3.05, 3.63) is 16.5 Å². The Morgan fingerprint density at radius 3 is 2.81 bits per heavy atom. The second kappa shape index (κ2) is 6.12. The van der Waals surface area contributed by atoms with Crippen molar-refractivity contribution in [2.24, 2.45) is 0 Å². The van der Waals surface area contributed by atoms with Crippen LogP contribution in [0.3, 0.4) is 0 Å². The van der Waals surface area contributed by atoms with Gasteiger partial charge in [0.05, 0.1) is 12.7 Å². The van der Waals surface area contributed by atoms with E-state index in [4.69, 9.17) is 4.74 Å². The van der Waals surface area contributed by atoms with E-state index in [1.807, 2.05) is 24.9 Å². The summed E-state index contributed by atoms with van der Waals surface area (Å²) in [5.74, 6) is 1.46. The Morgan fingerprint density at radius 1 is 1.56 bits per heavy atom. The third-order valence-electron chi connectivity index (χ3n) is 2.03. The van der Waals surface area contributed by atoms with E-state index in [0.29, 0.717) is 19.0 Å². The summed E-state index contributed by atoms with van der Waals surface area (Å²) >= 11 is 3.31. The van der Waals surface area contributed by atoms with E-state index in [-0.39, 0.29) is 0 Å². The number of halogens is 1. The fourth-order valence-electron chi connectivity index (χ4n) is 1.37. The Bertz CT molecular complexity index is 329. The average Bonchev–Trinajstić information content (AvgIpc) is 2.16. The zero-order valence-corrected chi connectivity index (χ0v) is 11.2. The van der Waals surface area contributed by atoms with E-state index in [0.717, 1.165) is 10.4 Å². The van der Waals surface area contributed by atoms with E-state index >= 15 is 0 Å². The van der Waals surface area contributed by atoms with Crippen LogP contribution in [0.25, 0.3) is 0 Å². The lowest BCUT2D eigenvalue weighted by molar-refractivity contribution is 0.0694. The number of methoxy groups -OCH3 is 1. The average molecular weight is 290 g/mol. The molecule has 0 amide bonds. The largest absolute Gasteiger partial charge is 0.389 e. The number of aliphatic hydroxyl groups is 1. The van der Waals surface area contributed by atoms with E-state index in [2.05, 4.69) is 25.9 Å². The predicted molar refractivity (Wildman–Crippen MR) is 65.6 cm³/mol. The van der Waals surface area contributed by atoms with Crippen molar-refractivity contribution in [1.82, 2.24) is 9.97 Å². The van der Waals surface area contributed by atoms with Gasteiger partial charge in [0.1, 0.15) is 16.2 Å². The standard InChI is InChI=1S/C10H16BrN3O2/c1-7-12-9(11)4-10(13-7)14(2)5-8(15)6-16-3/h4,8,15H,5-6H2,1-3H3. The molecule has 16 heavy (non-hydrogen) atoms. The summed E-state index contributed by atoms with van der Waals surface area (Å²) in [4.78, 5) is 10.3. The molecule has 0 aliphatic heterocycles. The van der Waals surface area contributed by atoms with Gasteiger partial charge in [0, 0.05) is 26.8 Å². The molecule has 0 bridgehead atoms. The molecule has 90 valence electrons. The zero-order chi connectivity index (χ0) is 12.1. The fraction of sp³-hybridized carbons (Fsp3) is 0.600. The molecule has 0 saturated heterocycles. The number of nitrogens with zero attached hydrogens (tertiary/aromatic N) is 3. The van der Waals surface area contributed by atoms with Crippen molar-refractivity contribution in [3.8, 4) is 0 Å². The minimum absolute atomic E-state index is 0.315. The maximum atomic E-state index is 9.60. The van der Waals surface area contributed by atoms with Crippen molar-refractivity contribution in [2.75, 3.05) is 32.2 Å². The summed E-state index contributed by atoms with van der Waals surface area (Å²) in [6, 6.07) is 1.81. The number of hydrogen-bond acceptors (Lipinski definition) is 5. The third-order valence-corrected chi connectivity index (χ3v) is 2.43. The van der Waals surface area contributed by atoms with Crippen molar-refractivity contribution in [3.63, 3.8) is 0 Å². The van der Waals surface area contributed by atoms with Crippen LogP contribution in [-0.4, -0.2) is 48.5 Å². The van der Waals surface area contributed by atoms with Gasteiger partial charge in [-0.15, -0.1) is 0 Å². The molecule has 1 heterocycles. The molecule has 1 aromatic rings. The molecule has 0 aromatic carbocycles. The Morgan fingerprint density at radius 2 is 2.25 bits per heavy atom. The summed E-state index contributed by atoms with van der Waals surface area (Å²) in [7, 11) is 3.43. The summed E-state index contributed by atoms with van der Waals surface area (Å²) in [5, 5.41) is 9.60. The Balaban J connectivity index is 2.68. The van der Waals surface area contributed by atoms with Gasteiger partial charge in [-0.1, -0.05) is 0 Å². The molecule has 1 atom stereocenters. The van der Waals surface area contributed by atoms with Gasteiger partial charge < -0.3 is 14.7 Å². The first-order chi connectivity index (χ1) is 7.52. The van der Waals surface area contributed by atoms with Crippen molar-refractivity contribution in [1.29, 1.82) is 0 Å². The van der Waals surface area contributed by atoms with Gasteiger partial charge in [-0.25, -0.2) is 9.97 Å². The highest BCUT2D eigenvalue weighted by Gasteiger charge is 2.10. The van der Waals surface area contributed by atoms with Crippen LogP contribution < -0.4 is 4.90 Å². The maximum absolute atomic E-state index is 9.60. The SMILES string of the molecule is COCC(O)CN(C)c1cc(Br)nc(C)n1. The summed E-state index contributed by atoms with van der Waals surface area (Å²) in [5.41, 5.74) is 0. The minimum Gasteiger partial charge on any atom is -0.389 e. The maximum Gasteiger partial charge on any atom is 0.133 e. The number of aromatic nitrogens is 2. The lowest BCUT2D eigenvalue weighted by Crippen LogP contribution is -2.32. The lowest BCUT2D eigenvalue weighted by Gasteiger charge is -2.21. The summed E-state index contributed by atoms with van der Waals surface area (Å²) in [6.07, 6.45) is -0.524. The number of anilines is 1. The van der Waals surface area contributed by atoms with Crippen molar-refractivity contribution >= 4 is 21.7 Å². The van der Waals surface area contributed by atoms with Gasteiger partial charge in [-0.05, 0) is 22.9 Å². The minimum atomic E-state index is -0.524. The highest BCUT2D eigenvalue weighted by atomic mass is 79.9. The molecule has 1 rings (SSSR count). The number of hydrogen-bond donors (Lipinski definition) is 1. The molecular formula is C10H16BrN3O2. The number of rotatable bonds is 5. The third kappa shape index (κ3) is 4.03. The van der Waals surface area contributed by atoms with Gasteiger partial charge in [0.15, 0.2) is 0 Å². The molecule has 0 aliphatic carbocycles. The van der Waals surface area contributed by atoms with E-state index in [1.54, 1.807) is 7.11 Å². The van der Waals surface area contributed by atoms with Crippen LogP contribution in [0, 0.1) is 6.92 Å². The summed E-state index contributed by atoms with van der Waals surface area (Å²) < 4.78 is 5.61. The highest BCUT2D eigenvalue weighted by molar-refractivity contribution is 9.10. The van der Waals surface area contributed by atoms with Gasteiger partial charge in [0.25, 0.3) is 0 Å². The monoisotopic (exact) mass is 289 g/mol. The van der Waals surface area contributed by atoms with Gasteiger partial charge in [0.2, 0.25) is 0 Å². The molecule has 0 radical (unpaired) electrons. The zero-order valence-electron chi connectivity index (χ0n) is 9.64. The molecule has 1 aromatic heterocycles. The highest BCUT2D eigenvalue weighted by Crippen LogP contribution is 2.15. The molecule has 6 heteroatoms. The second-order valence-corrected chi connectivity index (χ2v) is 4.40. The van der Waals surface area contributed by atoms with E-state index in [9.17, 15) is 5.11 Å². The molecule has 5 nitrogen and oxygen atoms in total. The Labute approximate surface area is 104 Å². The number of aliphatic hydroxyl groups excluding tert-OH is 1. The molecule has 0 spiro atoms. The molecule has 0 aliphatic rings. The van der Waals surface area contributed by atoms with Crippen LogP contribution in [0.1, 0.15) is 5.82 Å². The number of likely N-dealkylation sites (N-methyl/N-ethyl adjacent to an activating group) is 1. The van der Waals surface area contributed by atoms with Crippen LogP contribution in [0.2, 0.25) is 0 Å². The van der Waals surface area contributed by atoms with Crippen LogP contribution in [0.15, 0.2) is 10.7 Å². The quantitative estimate of drug-likeness (QED) is 0.820. The first-order valence-corrected chi connectivity index (χ1v) is 5.71. The van der Waals surface area contributed by atoms with Gasteiger partial charge >= 0.3 is 0 Å². The molecule has 0 saturated carbocycles. The van der Waals surface area contributed by atoms with Crippen LogP contribution in [0.4, 0.5) is 5.82 Å². The summed E-state index contributed by atoms with van der Waals surface area (Å²) in [6.45, 7) is 2.61. The lowest BCUT2D eigenvalue weighted by atomic mass is 10.3. The number of ether oxygens (including phenoxy) is 1. The number of aryl methyl sites for hydroxylation is 1. The van der Waals surface area contributed by atoms with Crippen molar-refractivity contribution < 1.29 is 9.84 Å². The van der Waals surface area contributed by atoms with Gasteiger partial charge in [-0.2, -0.15) is 0 Å². The topological polar surface area (TPSA) is 58.5 Å². The molecule has 1 unspecified atom stereocenters. The van der Waals surface area contributed by atoms with E-state index in [1.165, 1.54) is 0 Å². The predicted octanol–water partition coefficient (Wildman–Crippen LogP) is 0.991. The molecule has 1 N–H and O–H groups in total. The van der Waals surface area contributed by atoms with Crippen molar-refractivity contribution in [2.45, 2.75) is 13.0 Å². The van der Waals surface area contributed by atoms with Crippen LogP contribution in [-0.2, 0) is 4.74 Å². The van der Waals surface area contributed by atoms with E-state index < -0.39 is 6.10 Å². The second-order valence-electron chi connectivity index (χ2n) is 3.59. The Hall–Kier alpha value is -0.720. The van der Waals surface area contributed by atoms with Gasteiger partial charge in [-0.3, -0.25) is 0 Å². The Kier molecular flexibility index (Phi) is 5.11. The smallest absolute Gasteiger partial charge is 0.133 e. The normalized spacial score (nSPS) is 12.6. The molecule has 0 fully saturated rings. The van der Waals surface area contributed by atoms with Crippen LogP contribution >= 0.6 is 15.9 Å². The first kappa shape index (κ1) is 13.3. The first-order valence-electron chi connectivity index (χ1n) is 4.92. The molecular weight excluding hydrogens is 274 g/mol. The van der Waals surface area contributed by atoms with Crippen LogP contribution in [0.5, 0.6) is 0 Å². The fourth-order valence-corrected chi connectivity index (χ4v) is 1.83.